The molecule has 1 aliphatic heterocycles. The molecule has 0 atom stereocenters. The van der Waals surface area contributed by atoms with E-state index in [4.69, 9.17) is 15.5 Å². The molecule has 5 nitrogen and oxygen atoms in total. The van der Waals surface area contributed by atoms with E-state index in [9.17, 15) is 0 Å². The van der Waals surface area contributed by atoms with Crippen molar-refractivity contribution in [3.8, 4) is 5.75 Å². The Kier molecular flexibility index (Phi) is 9.18. The molecule has 4 rings (SSSR count). The van der Waals surface area contributed by atoms with Crippen LogP contribution >= 0.6 is 0 Å². The number of aliphatic imine (C=N–C) groups is 1. The highest BCUT2D eigenvalue weighted by Gasteiger charge is 2.22. The standard InChI is InChI=1S/C30H38N4O/c1-24-8-10-27(11-9-24)23-35-29-14-12-28(13-15-29)33-30(32-19-5-18-31)34-20-16-26(17-21-34)22-25-6-3-2-4-7-25/h2-4,6-15,26H,5,16-23,31H2,1H3,(H,32,33). The number of nitrogens with zero attached hydrogens (tertiary/aromatic N) is 2. The number of ether oxygens (including phenoxy) is 1. The summed E-state index contributed by atoms with van der Waals surface area (Å²) in [6.07, 6.45) is 4.44. The lowest BCUT2D eigenvalue weighted by atomic mass is 9.90. The molecule has 0 radical (unpaired) electrons. The second kappa shape index (κ2) is 13.0. The lowest BCUT2D eigenvalue weighted by molar-refractivity contribution is 0.259. The first kappa shape index (κ1) is 24.8. The molecule has 184 valence electrons. The quantitative estimate of drug-likeness (QED) is 0.248. The number of rotatable bonds is 9. The molecule has 3 N–H and O–H groups in total. The topological polar surface area (TPSA) is 62.9 Å². The fraction of sp³-hybridized carbons (Fsp3) is 0.367. The minimum atomic E-state index is 0.562. The molecule has 0 spiro atoms. The zero-order valence-corrected chi connectivity index (χ0v) is 20.8. The number of benzene rings is 3. The first-order valence-electron chi connectivity index (χ1n) is 12.8. The summed E-state index contributed by atoms with van der Waals surface area (Å²) in [5.74, 6) is 2.53. The zero-order chi connectivity index (χ0) is 24.3. The Labute approximate surface area is 210 Å². The van der Waals surface area contributed by atoms with Gasteiger partial charge in [-0.2, -0.15) is 0 Å². The molecule has 1 aliphatic rings. The summed E-state index contributed by atoms with van der Waals surface area (Å²) in [6, 6.07) is 27.3. The highest BCUT2D eigenvalue weighted by Crippen LogP contribution is 2.24. The van der Waals surface area contributed by atoms with Crippen molar-refractivity contribution < 1.29 is 4.74 Å². The van der Waals surface area contributed by atoms with Gasteiger partial charge in [-0.05, 0) is 80.5 Å². The predicted octanol–water partition coefficient (Wildman–Crippen LogP) is 5.45. The normalized spacial score (nSPS) is 14.7. The molecule has 5 heteroatoms. The van der Waals surface area contributed by atoms with Gasteiger partial charge >= 0.3 is 0 Å². The number of nitrogens with two attached hydrogens (primary N) is 1. The van der Waals surface area contributed by atoms with Gasteiger partial charge in [0.1, 0.15) is 12.4 Å². The van der Waals surface area contributed by atoms with Gasteiger partial charge in [0.25, 0.3) is 0 Å². The number of aryl methyl sites for hydroxylation is 1. The molecule has 3 aromatic rings. The molecular weight excluding hydrogens is 432 g/mol. The van der Waals surface area contributed by atoms with E-state index in [0.717, 1.165) is 55.8 Å². The SMILES string of the molecule is Cc1ccc(COc2ccc(/N=C(\NCCCN)N3CCC(Cc4ccccc4)CC3)cc2)cc1. The molecule has 0 unspecified atom stereocenters. The average molecular weight is 471 g/mol. The summed E-state index contributed by atoms with van der Waals surface area (Å²) >= 11 is 0. The summed E-state index contributed by atoms with van der Waals surface area (Å²) in [5, 5.41) is 3.53. The molecular formula is C30H38N4O. The molecule has 1 fully saturated rings. The number of hydrogen-bond acceptors (Lipinski definition) is 3. The van der Waals surface area contributed by atoms with Crippen LogP contribution in [0.25, 0.3) is 0 Å². The van der Waals surface area contributed by atoms with E-state index < -0.39 is 0 Å². The van der Waals surface area contributed by atoms with Gasteiger partial charge in [0.15, 0.2) is 5.96 Å². The molecule has 0 bridgehead atoms. The van der Waals surface area contributed by atoms with Crippen molar-refractivity contribution in [3.05, 3.63) is 95.6 Å². The van der Waals surface area contributed by atoms with E-state index >= 15 is 0 Å². The average Bonchev–Trinajstić information content (AvgIpc) is 2.90. The van der Waals surface area contributed by atoms with Crippen molar-refractivity contribution in [3.63, 3.8) is 0 Å². The molecule has 0 aromatic heterocycles. The Morgan fingerprint density at radius 3 is 2.34 bits per heavy atom. The summed E-state index contributed by atoms with van der Waals surface area (Å²) < 4.78 is 5.96. The van der Waals surface area contributed by atoms with Crippen molar-refractivity contribution in [2.45, 2.75) is 39.2 Å². The molecule has 1 heterocycles. The van der Waals surface area contributed by atoms with Crippen LogP contribution in [0.3, 0.4) is 0 Å². The van der Waals surface area contributed by atoms with E-state index in [-0.39, 0.29) is 0 Å². The maximum atomic E-state index is 5.96. The summed E-state index contributed by atoms with van der Waals surface area (Å²) in [6.45, 7) is 6.19. The van der Waals surface area contributed by atoms with Crippen LogP contribution in [-0.4, -0.2) is 37.0 Å². The smallest absolute Gasteiger partial charge is 0.199 e. The third-order valence-corrected chi connectivity index (χ3v) is 6.54. The number of nitrogens with one attached hydrogen (secondary N) is 1. The second-order valence-electron chi connectivity index (χ2n) is 9.39. The highest BCUT2D eigenvalue weighted by molar-refractivity contribution is 5.83. The second-order valence-corrected chi connectivity index (χ2v) is 9.39. The van der Waals surface area contributed by atoms with Crippen molar-refractivity contribution in [2.75, 3.05) is 26.2 Å². The fourth-order valence-corrected chi connectivity index (χ4v) is 4.41. The van der Waals surface area contributed by atoms with Crippen molar-refractivity contribution in [1.29, 1.82) is 0 Å². The van der Waals surface area contributed by atoms with Crippen LogP contribution in [0.2, 0.25) is 0 Å². The number of piperidine rings is 1. The molecule has 0 aliphatic carbocycles. The van der Waals surface area contributed by atoms with Gasteiger partial charge < -0.3 is 20.7 Å². The molecule has 35 heavy (non-hydrogen) atoms. The van der Waals surface area contributed by atoms with Crippen LogP contribution in [0, 0.1) is 12.8 Å². The van der Waals surface area contributed by atoms with Crippen molar-refractivity contribution >= 4 is 11.6 Å². The number of likely N-dealkylation sites (tertiary alicyclic amines) is 1. The summed E-state index contributed by atoms with van der Waals surface area (Å²) in [5.41, 5.74) is 10.5. The van der Waals surface area contributed by atoms with E-state index in [2.05, 4.69) is 71.7 Å². The van der Waals surface area contributed by atoms with E-state index in [0.29, 0.717) is 13.2 Å². The molecule has 3 aromatic carbocycles. The van der Waals surface area contributed by atoms with Gasteiger partial charge in [0.05, 0.1) is 5.69 Å². The third-order valence-electron chi connectivity index (χ3n) is 6.54. The van der Waals surface area contributed by atoms with Gasteiger partial charge in [0.2, 0.25) is 0 Å². The maximum Gasteiger partial charge on any atom is 0.199 e. The number of hydrogen-bond donors (Lipinski definition) is 2. The lowest BCUT2D eigenvalue weighted by Crippen LogP contribution is -2.46. The van der Waals surface area contributed by atoms with Gasteiger partial charge in [-0.25, -0.2) is 4.99 Å². The van der Waals surface area contributed by atoms with Gasteiger partial charge in [0, 0.05) is 19.6 Å². The highest BCUT2D eigenvalue weighted by atomic mass is 16.5. The minimum absolute atomic E-state index is 0.562. The predicted molar refractivity (Wildman–Crippen MR) is 145 cm³/mol. The van der Waals surface area contributed by atoms with Crippen LogP contribution in [0.4, 0.5) is 5.69 Å². The van der Waals surface area contributed by atoms with Gasteiger partial charge in [-0.15, -0.1) is 0 Å². The maximum absolute atomic E-state index is 5.96. The Morgan fingerprint density at radius 1 is 0.943 bits per heavy atom. The summed E-state index contributed by atoms with van der Waals surface area (Å²) in [4.78, 5) is 7.36. The largest absolute Gasteiger partial charge is 0.489 e. The van der Waals surface area contributed by atoms with E-state index in [1.165, 1.54) is 29.5 Å². The first-order chi connectivity index (χ1) is 17.2. The molecule has 0 saturated carbocycles. The Hall–Kier alpha value is -3.31. The van der Waals surface area contributed by atoms with Crippen LogP contribution < -0.4 is 15.8 Å². The summed E-state index contributed by atoms with van der Waals surface area (Å²) in [7, 11) is 0. The van der Waals surface area contributed by atoms with E-state index in [1.807, 2.05) is 24.3 Å². The van der Waals surface area contributed by atoms with Crippen molar-refractivity contribution in [1.82, 2.24) is 10.2 Å². The van der Waals surface area contributed by atoms with Crippen LogP contribution in [0.15, 0.2) is 83.9 Å². The lowest BCUT2D eigenvalue weighted by Gasteiger charge is -2.34. The molecule has 0 amide bonds. The Balaban J connectivity index is 1.35. The molecule has 1 saturated heterocycles. The fourth-order valence-electron chi connectivity index (χ4n) is 4.41. The third kappa shape index (κ3) is 7.86. The Bertz CT molecular complexity index is 1040. The Morgan fingerprint density at radius 2 is 1.66 bits per heavy atom. The van der Waals surface area contributed by atoms with Crippen molar-refractivity contribution in [2.24, 2.45) is 16.6 Å². The van der Waals surface area contributed by atoms with Crippen LogP contribution in [0.1, 0.15) is 36.0 Å². The van der Waals surface area contributed by atoms with Gasteiger partial charge in [-0.3, -0.25) is 0 Å². The van der Waals surface area contributed by atoms with Crippen LogP contribution in [-0.2, 0) is 13.0 Å². The zero-order valence-electron chi connectivity index (χ0n) is 20.8. The van der Waals surface area contributed by atoms with Gasteiger partial charge in [-0.1, -0.05) is 60.2 Å². The first-order valence-corrected chi connectivity index (χ1v) is 12.8. The van der Waals surface area contributed by atoms with E-state index in [1.54, 1.807) is 0 Å². The number of guanidine groups is 1. The minimum Gasteiger partial charge on any atom is -0.489 e. The monoisotopic (exact) mass is 470 g/mol. The van der Waals surface area contributed by atoms with Crippen LogP contribution in [0.5, 0.6) is 5.75 Å².